The number of guanidine groups is 1. The Kier molecular flexibility index (Phi) is 6.09. The first-order valence-corrected chi connectivity index (χ1v) is 7.91. The molecule has 1 unspecified atom stereocenters. The minimum atomic E-state index is -4.16. The summed E-state index contributed by atoms with van der Waals surface area (Å²) in [5.41, 5.74) is 0. The smallest absolute Gasteiger partial charge is 0.355 e. The molecule has 6 nitrogen and oxygen atoms in total. The van der Waals surface area contributed by atoms with Crippen LogP contribution in [0.25, 0.3) is 0 Å². The lowest BCUT2D eigenvalue weighted by Crippen LogP contribution is -2.47. The van der Waals surface area contributed by atoms with Gasteiger partial charge in [0.15, 0.2) is 5.96 Å². The number of nitrogens with one attached hydrogen (secondary N) is 3. The lowest BCUT2D eigenvalue weighted by atomic mass is 10.3. The van der Waals surface area contributed by atoms with Crippen LogP contribution >= 0.6 is 0 Å². The Hall–Kier alpha value is -1.51. The highest BCUT2D eigenvalue weighted by Crippen LogP contribution is 2.28. The van der Waals surface area contributed by atoms with Gasteiger partial charge in [-0.2, -0.15) is 13.2 Å². The predicted octanol–water partition coefficient (Wildman–Crippen LogP) is 0.314. The molecule has 0 aromatic carbocycles. The normalized spacial score (nSPS) is 23.0. The van der Waals surface area contributed by atoms with E-state index in [1.165, 1.54) is 4.90 Å². The maximum absolute atomic E-state index is 12.4. The predicted molar refractivity (Wildman–Crippen MR) is 81.1 cm³/mol. The fourth-order valence-electron chi connectivity index (χ4n) is 2.59. The molecular weight excluding hydrogens is 311 g/mol. The van der Waals surface area contributed by atoms with Crippen LogP contribution in [-0.2, 0) is 4.79 Å². The van der Waals surface area contributed by atoms with Crippen LogP contribution in [0.1, 0.15) is 19.3 Å². The van der Waals surface area contributed by atoms with Crippen molar-refractivity contribution in [1.82, 2.24) is 20.9 Å². The molecule has 0 aromatic heterocycles. The first-order chi connectivity index (χ1) is 10.9. The summed E-state index contributed by atoms with van der Waals surface area (Å²) in [5.74, 6) is 0.823. The van der Waals surface area contributed by atoms with E-state index in [-0.39, 0.29) is 17.9 Å². The molecule has 0 spiro atoms. The number of carbonyl (C=O) groups excluding carboxylic acids is 1. The third-order valence-corrected chi connectivity index (χ3v) is 3.90. The summed E-state index contributed by atoms with van der Waals surface area (Å²) in [7, 11) is 1.61. The van der Waals surface area contributed by atoms with Crippen LogP contribution in [0.3, 0.4) is 0 Å². The van der Waals surface area contributed by atoms with Gasteiger partial charge in [0.05, 0.1) is 6.54 Å². The molecule has 23 heavy (non-hydrogen) atoms. The Balaban J connectivity index is 1.62. The number of halogens is 3. The largest absolute Gasteiger partial charge is 0.401 e. The van der Waals surface area contributed by atoms with E-state index in [4.69, 9.17) is 0 Å². The summed E-state index contributed by atoms with van der Waals surface area (Å²) in [6, 6.07) is -0.0513. The van der Waals surface area contributed by atoms with Crippen molar-refractivity contribution in [2.24, 2.45) is 10.9 Å². The molecule has 0 bridgehead atoms. The van der Waals surface area contributed by atoms with E-state index in [9.17, 15) is 18.0 Å². The lowest BCUT2D eigenvalue weighted by Gasteiger charge is -2.19. The van der Waals surface area contributed by atoms with Gasteiger partial charge in [-0.05, 0) is 19.3 Å². The number of rotatable bonds is 6. The zero-order valence-electron chi connectivity index (χ0n) is 13.2. The summed E-state index contributed by atoms with van der Waals surface area (Å²) in [6.07, 6.45) is -1.57. The number of likely N-dealkylation sites (tertiary alicyclic amines) is 1. The Morgan fingerprint density at radius 2 is 1.91 bits per heavy atom. The first-order valence-electron chi connectivity index (χ1n) is 7.91. The summed E-state index contributed by atoms with van der Waals surface area (Å²) in [6.45, 7) is 0.923. The van der Waals surface area contributed by atoms with Gasteiger partial charge in [0, 0.05) is 45.2 Å². The van der Waals surface area contributed by atoms with Crippen LogP contribution in [0, 0.1) is 5.92 Å². The van der Waals surface area contributed by atoms with Crippen molar-refractivity contribution in [1.29, 1.82) is 0 Å². The van der Waals surface area contributed by atoms with E-state index >= 15 is 0 Å². The highest BCUT2D eigenvalue weighted by atomic mass is 19.4. The number of alkyl halides is 3. The highest BCUT2D eigenvalue weighted by molar-refractivity contribution is 5.81. The molecule has 132 valence electrons. The zero-order valence-corrected chi connectivity index (χ0v) is 13.2. The van der Waals surface area contributed by atoms with Crippen molar-refractivity contribution in [3.63, 3.8) is 0 Å². The van der Waals surface area contributed by atoms with E-state index in [1.54, 1.807) is 7.05 Å². The van der Waals surface area contributed by atoms with Gasteiger partial charge >= 0.3 is 6.18 Å². The molecule has 9 heteroatoms. The molecule has 1 heterocycles. The zero-order chi connectivity index (χ0) is 16.9. The van der Waals surface area contributed by atoms with Gasteiger partial charge in [-0.25, -0.2) is 0 Å². The Morgan fingerprint density at radius 3 is 2.52 bits per heavy atom. The summed E-state index contributed by atoms with van der Waals surface area (Å²) >= 11 is 0. The fraction of sp³-hybridized carbons (Fsp3) is 0.857. The highest BCUT2D eigenvalue weighted by Gasteiger charge is 2.34. The first kappa shape index (κ1) is 17.8. The number of amides is 1. The van der Waals surface area contributed by atoms with Crippen LogP contribution < -0.4 is 16.0 Å². The topological polar surface area (TPSA) is 68.8 Å². The van der Waals surface area contributed by atoms with Crippen LogP contribution in [0.2, 0.25) is 0 Å². The summed E-state index contributed by atoms with van der Waals surface area (Å²) < 4.78 is 37.1. The minimum absolute atomic E-state index is 0.0513. The molecule has 2 rings (SSSR count). The molecule has 0 aromatic rings. The molecule has 1 saturated carbocycles. The Labute approximate surface area is 133 Å². The van der Waals surface area contributed by atoms with Crippen LogP contribution in [0.4, 0.5) is 13.2 Å². The molecule has 3 N–H and O–H groups in total. The van der Waals surface area contributed by atoms with Gasteiger partial charge in [0.2, 0.25) is 5.91 Å². The molecule has 1 atom stereocenters. The third-order valence-electron chi connectivity index (χ3n) is 3.90. The van der Waals surface area contributed by atoms with Gasteiger partial charge in [0.25, 0.3) is 0 Å². The summed E-state index contributed by atoms with van der Waals surface area (Å²) in [5, 5.41) is 9.01. The quantitative estimate of drug-likeness (QED) is 0.371. The van der Waals surface area contributed by atoms with Gasteiger partial charge in [0.1, 0.15) is 0 Å². The molecule has 0 radical (unpaired) electrons. The molecular formula is C14H24F3N5O. The van der Waals surface area contributed by atoms with Gasteiger partial charge in [-0.3, -0.25) is 14.7 Å². The maximum atomic E-state index is 12.4. The van der Waals surface area contributed by atoms with Crippen molar-refractivity contribution in [3.05, 3.63) is 0 Å². The van der Waals surface area contributed by atoms with E-state index in [0.29, 0.717) is 38.6 Å². The van der Waals surface area contributed by atoms with Crippen molar-refractivity contribution in [3.8, 4) is 0 Å². The molecule has 2 fully saturated rings. The number of aliphatic imine (C=N–C) groups is 1. The monoisotopic (exact) mass is 335 g/mol. The molecule has 1 aliphatic carbocycles. The Morgan fingerprint density at radius 1 is 1.22 bits per heavy atom. The third kappa shape index (κ3) is 6.64. The number of hydrogen-bond donors (Lipinski definition) is 3. The second-order valence-electron chi connectivity index (χ2n) is 6.04. The van der Waals surface area contributed by atoms with Crippen LogP contribution in [-0.4, -0.2) is 68.8 Å². The van der Waals surface area contributed by atoms with E-state index in [2.05, 4.69) is 20.9 Å². The van der Waals surface area contributed by atoms with E-state index < -0.39 is 12.7 Å². The minimum Gasteiger partial charge on any atom is -0.355 e. The molecule has 1 saturated heterocycles. The van der Waals surface area contributed by atoms with Gasteiger partial charge in [-0.1, -0.05) is 0 Å². The van der Waals surface area contributed by atoms with Crippen LogP contribution in [0.5, 0.6) is 0 Å². The van der Waals surface area contributed by atoms with Crippen molar-refractivity contribution in [2.45, 2.75) is 31.5 Å². The second-order valence-corrected chi connectivity index (χ2v) is 6.04. The molecule has 1 amide bonds. The number of carbonyl (C=O) groups is 1. The average Bonchev–Trinajstić information content (AvgIpc) is 3.23. The number of nitrogens with zero attached hydrogens (tertiary/aromatic N) is 2. The van der Waals surface area contributed by atoms with Crippen molar-refractivity contribution < 1.29 is 18.0 Å². The second kappa shape index (κ2) is 7.85. The van der Waals surface area contributed by atoms with Crippen molar-refractivity contribution in [2.75, 3.05) is 39.8 Å². The van der Waals surface area contributed by atoms with Crippen molar-refractivity contribution >= 4 is 11.9 Å². The van der Waals surface area contributed by atoms with Crippen LogP contribution in [0.15, 0.2) is 4.99 Å². The summed E-state index contributed by atoms with van der Waals surface area (Å²) in [4.78, 5) is 16.9. The van der Waals surface area contributed by atoms with Gasteiger partial charge in [-0.15, -0.1) is 0 Å². The fourth-order valence-corrected chi connectivity index (χ4v) is 2.59. The van der Waals surface area contributed by atoms with E-state index in [0.717, 1.165) is 12.8 Å². The average molecular weight is 335 g/mol. The molecule has 1 aliphatic heterocycles. The Bertz CT molecular complexity index is 437. The standard InChI is InChI=1S/C14H24F3N5O/c1-18-13(20-6-5-19-12(23)10-2-3-10)21-11-4-7-22(8-11)9-14(15,16)17/h10-11H,2-9H2,1H3,(H,19,23)(H2,18,20,21). The number of hydrogen-bond acceptors (Lipinski definition) is 3. The lowest BCUT2D eigenvalue weighted by molar-refractivity contribution is -0.143. The maximum Gasteiger partial charge on any atom is 0.401 e. The SMILES string of the molecule is CN=C(NCCNC(=O)C1CC1)NC1CCN(CC(F)(F)F)C1. The molecule has 2 aliphatic rings. The van der Waals surface area contributed by atoms with E-state index in [1.807, 2.05) is 0 Å². The van der Waals surface area contributed by atoms with Gasteiger partial charge < -0.3 is 16.0 Å².